The molecule has 344 valence electrons. The van der Waals surface area contributed by atoms with E-state index in [0.29, 0.717) is 12.8 Å². The number of allylic oxidation sites excluding steroid dienone is 17. The van der Waals surface area contributed by atoms with Crippen LogP contribution in [-0.4, -0.2) is 37.2 Å². The van der Waals surface area contributed by atoms with Gasteiger partial charge in [0, 0.05) is 12.8 Å². The van der Waals surface area contributed by atoms with Gasteiger partial charge in [0.2, 0.25) is 0 Å². The summed E-state index contributed by atoms with van der Waals surface area (Å²) >= 11 is 0. The molecule has 0 spiro atoms. The Bertz CT molecular complexity index is 1290. The minimum absolute atomic E-state index is 0.121. The number of ether oxygens (including phenoxy) is 3. The van der Waals surface area contributed by atoms with E-state index in [1.54, 1.807) is 6.08 Å². The van der Waals surface area contributed by atoms with Gasteiger partial charge in [0.05, 0.1) is 6.42 Å². The minimum Gasteiger partial charge on any atom is -0.462 e. The van der Waals surface area contributed by atoms with Crippen LogP contribution in [0.25, 0.3) is 0 Å². The molecule has 0 heterocycles. The van der Waals surface area contributed by atoms with Crippen molar-refractivity contribution in [3.05, 3.63) is 109 Å². The van der Waals surface area contributed by atoms with Crippen LogP contribution in [0.2, 0.25) is 0 Å². The highest BCUT2D eigenvalue weighted by Crippen LogP contribution is 2.13. The third-order valence-electron chi connectivity index (χ3n) is 9.78. The van der Waals surface area contributed by atoms with E-state index in [-0.39, 0.29) is 38.0 Å². The fraction of sp³-hybridized carbons (Fsp3) is 0.618. The van der Waals surface area contributed by atoms with Gasteiger partial charge in [0.1, 0.15) is 13.2 Å². The van der Waals surface area contributed by atoms with Gasteiger partial charge in [-0.3, -0.25) is 14.4 Å². The van der Waals surface area contributed by atoms with Gasteiger partial charge in [-0.2, -0.15) is 0 Å². The Hall–Kier alpha value is -3.93. The van der Waals surface area contributed by atoms with E-state index in [4.69, 9.17) is 14.2 Å². The fourth-order valence-corrected chi connectivity index (χ4v) is 6.18. The first kappa shape index (κ1) is 57.1. The molecule has 0 aliphatic heterocycles. The van der Waals surface area contributed by atoms with E-state index in [0.717, 1.165) is 77.0 Å². The molecule has 0 aromatic carbocycles. The van der Waals surface area contributed by atoms with Crippen molar-refractivity contribution in [3.8, 4) is 0 Å². The Morgan fingerprint density at radius 3 is 1.21 bits per heavy atom. The molecule has 0 amide bonds. The van der Waals surface area contributed by atoms with E-state index in [1.165, 1.54) is 77.0 Å². The first-order valence-electron chi connectivity index (χ1n) is 24.4. The summed E-state index contributed by atoms with van der Waals surface area (Å²) in [6, 6.07) is 0. The predicted molar refractivity (Wildman–Crippen MR) is 260 cm³/mol. The molecule has 1 atom stereocenters. The highest BCUT2D eigenvalue weighted by atomic mass is 16.6. The molecule has 0 rings (SSSR count). The average molecular weight is 845 g/mol. The van der Waals surface area contributed by atoms with Crippen LogP contribution in [0.3, 0.4) is 0 Å². The van der Waals surface area contributed by atoms with Crippen LogP contribution in [0.1, 0.15) is 201 Å². The van der Waals surface area contributed by atoms with E-state index in [1.807, 2.05) is 6.08 Å². The molecule has 0 aliphatic carbocycles. The summed E-state index contributed by atoms with van der Waals surface area (Å²) in [4.78, 5) is 37.7. The molecule has 0 radical (unpaired) electrons. The third kappa shape index (κ3) is 47.0. The van der Waals surface area contributed by atoms with Crippen molar-refractivity contribution in [3.63, 3.8) is 0 Å². The maximum absolute atomic E-state index is 12.8. The highest BCUT2D eigenvalue weighted by Gasteiger charge is 2.19. The third-order valence-corrected chi connectivity index (χ3v) is 9.78. The second-order valence-corrected chi connectivity index (χ2v) is 15.6. The zero-order chi connectivity index (χ0) is 44.4. The summed E-state index contributed by atoms with van der Waals surface area (Å²) in [5.41, 5.74) is 0. The molecule has 6 heteroatoms. The van der Waals surface area contributed by atoms with Gasteiger partial charge < -0.3 is 14.2 Å². The molecule has 0 aromatic rings. The zero-order valence-corrected chi connectivity index (χ0v) is 39.1. The van der Waals surface area contributed by atoms with Gasteiger partial charge in [-0.15, -0.1) is 0 Å². The lowest BCUT2D eigenvalue weighted by Gasteiger charge is -2.18. The molecule has 0 bridgehead atoms. The summed E-state index contributed by atoms with van der Waals surface area (Å²) in [6.07, 6.45) is 65.4. The van der Waals surface area contributed by atoms with Crippen LogP contribution in [0.15, 0.2) is 109 Å². The largest absolute Gasteiger partial charge is 0.462 e. The molecule has 0 N–H and O–H groups in total. The van der Waals surface area contributed by atoms with Gasteiger partial charge in [0.15, 0.2) is 6.10 Å². The van der Waals surface area contributed by atoms with Gasteiger partial charge >= 0.3 is 17.9 Å². The van der Waals surface area contributed by atoms with Crippen molar-refractivity contribution in [1.29, 1.82) is 0 Å². The van der Waals surface area contributed by atoms with E-state index in [2.05, 4.69) is 118 Å². The van der Waals surface area contributed by atoms with Gasteiger partial charge in [-0.1, -0.05) is 194 Å². The lowest BCUT2D eigenvalue weighted by molar-refractivity contribution is -0.166. The Morgan fingerprint density at radius 1 is 0.361 bits per heavy atom. The highest BCUT2D eigenvalue weighted by molar-refractivity contribution is 5.72. The van der Waals surface area contributed by atoms with Crippen LogP contribution >= 0.6 is 0 Å². The molecular weight excluding hydrogens is 757 g/mol. The number of rotatable bonds is 42. The van der Waals surface area contributed by atoms with Crippen LogP contribution < -0.4 is 0 Å². The SMILES string of the molecule is CC/C=C\C/C=C\C/C=C\C/C=C\C/C=C\CCCC(=O)OCC(COC(=O)C/C=C\C/C=C\C/C=C\CC)OC(=O)CCCCCCCCC/C=C\CCCCCCCC. The standard InChI is InChI=1S/C55H88O6/c1-4-7-10-13-16-19-21-23-25-27-29-31-33-36-39-42-45-48-54(57)60-51-52(50-59-53(56)47-44-41-38-35-18-15-12-9-6-3)61-55(58)49-46-43-40-37-34-32-30-28-26-24-22-20-17-14-11-8-5-2/h7,9-10,12,16,18-19,23-26,29,31,35-36,39,41,44,52H,4-6,8,11,13-15,17,20-22,27-28,30,32-34,37-38,40,42-43,45-51H2,1-3H3/b10-7-,12-9-,19-16-,25-23-,26-24-,31-29-,35-18-,39-36-,44-41-. The minimum atomic E-state index is -0.839. The maximum Gasteiger partial charge on any atom is 0.309 e. The molecular formula is C55H88O6. The van der Waals surface area contributed by atoms with Crippen LogP contribution in [0.5, 0.6) is 0 Å². The van der Waals surface area contributed by atoms with Gasteiger partial charge in [-0.05, 0) is 96.3 Å². The maximum atomic E-state index is 12.8. The van der Waals surface area contributed by atoms with Crippen LogP contribution in [-0.2, 0) is 28.6 Å². The van der Waals surface area contributed by atoms with E-state index >= 15 is 0 Å². The Labute approximate surface area is 374 Å². The molecule has 0 fully saturated rings. The summed E-state index contributed by atoms with van der Waals surface area (Å²) in [6.45, 7) is 6.23. The molecule has 1 unspecified atom stereocenters. The number of unbranched alkanes of at least 4 members (excludes halogenated alkanes) is 14. The van der Waals surface area contributed by atoms with Crippen LogP contribution in [0.4, 0.5) is 0 Å². The van der Waals surface area contributed by atoms with Crippen molar-refractivity contribution in [2.75, 3.05) is 13.2 Å². The number of hydrogen-bond donors (Lipinski definition) is 0. The first-order valence-corrected chi connectivity index (χ1v) is 24.4. The predicted octanol–water partition coefficient (Wildman–Crippen LogP) is 16.0. The fourth-order valence-electron chi connectivity index (χ4n) is 6.18. The monoisotopic (exact) mass is 845 g/mol. The van der Waals surface area contributed by atoms with Gasteiger partial charge in [0.25, 0.3) is 0 Å². The molecule has 0 aliphatic rings. The lowest BCUT2D eigenvalue weighted by atomic mass is 10.1. The summed E-state index contributed by atoms with van der Waals surface area (Å²) in [5, 5.41) is 0. The molecule has 0 aromatic heterocycles. The Kier molecular flexibility index (Phi) is 45.6. The van der Waals surface area contributed by atoms with Crippen molar-refractivity contribution < 1.29 is 28.6 Å². The number of hydrogen-bond acceptors (Lipinski definition) is 6. The number of carbonyl (C=O) groups is 3. The molecule has 0 saturated carbocycles. The zero-order valence-electron chi connectivity index (χ0n) is 39.1. The lowest BCUT2D eigenvalue weighted by Crippen LogP contribution is -2.30. The Balaban J connectivity index is 4.50. The summed E-state index contributed by atoms with van der Waals surface area (Å²) in [7, 11) is 0. The van der Waals surface area contributed by atoms with Crippen molar-refractivity contribution in [2.24, 2.45) is 0 Å². The van der Waals surface area contributed by atoms with Crippen molar-refractivity contribution in [2.45, 2.75) is 207 Å². The topological polar surface area (TPSA) is 78.9 Å². The normalized spacial score (nSPS) is 13.0. The molecule has 61 heavy (non-hydrogen) atoms. The average Bonchev–Trinajstić information content (AvgIpc) is 3.26. The second kappa shape index (κ2) is 48.7. The summed E-state index contributed by atoms with van der Waals surface area (Å²) < 4.78 is 16.6. The summed E-state index contributed by atoms with van der Waals surface area (Å²) in [5.74, 6) is -1.13. The number of esters is 3. The van der Waals surface area contributed by atoms with Gasteiger partial charge in [-0.25, -0.2) is 0 Å². The molecule has 6 nitrogen and oxygen atoms in total. The Morgan fingerprint density at radius 2 is 0.721 bits per heavy atom. The van der Waals surface area contributed by atoms with Crippen molar-refractivity contribution in [1.82, 2.24) is 0 Å². The second-order valence-electron chi connectivity index (χ2n) is 15.6. The van der Waals surface area contributed by atoms with E-state index in [9.17, 15) is 14.4 Å². The smallest absolute Gasteiger partial charge is 0.309 e. The quantitative estimate of drug-likeness (QED) is 0.0264. The van der Waals surface area contributed by atoms with Crippen LogP contribution in [0, 0.1) is 0 Å². The van der Waals surface area contributed by atoms with E-state index < -0.39 is 12.1 Å². The first-order chi connectivity index (χ1) is 30.0. The number of carbonyl (C=O) groups excluding carboxylic acids is 3. The molecule has 0 saturated heterocycles. The van der Waals surface area contributed by atoms with Crippen molar-refractivity contribution >= 4 is 17.9 Å².